The van der Waals surface area contributed by atoms with Crippen LogP contribution < -0.4 is 0 Å². The Balaban J connectivity index is 1.84. The first kappa shape index (κ1) is 14.5. The summed E-state index contributed by atoms with van der Waals surface area (Å²) < 4.78 is 1.28. The number of aromatic carboxylic acids is 1. The third-order valence-corrected chi connectivity index (χ3v) is 3.72. The van der Waals surface area contributed by atoms with Gasteiger partial charge in [0.15, 0.2) is 5.69 Å². The van der Waals surface area contributed by atoms with Crippen molar-refractivity contribution in [2.24, 2.45) is 5.92 Å². The Bertz CT molecular complexity index is 478. The maximum atomic E-state index is 12.1. The van der Waals surface area contributed by atoms with Crippen LogP contribution in [-0.4, -0.2) is 50.0 Å². The van der Waals surface area contributed by atoms with Gasteiger partial charge >= 0.3 is 5.97 Å². The summed E-state index contributed by atoms with van der Waals surface area (Å²) >= 11 is 0. The van der Waals surface area contributed by atoms with E-state index in [4.69, 9.17) is 5.11 Å². The molecular weight excluding hydrogens is 260 g/mol. The van der Waals surface area contributed by atoms with Gasteiger partial charge in [0.1, 0.15) is 6.54 Å². The van der Waals surface area contributed by atoms with E-state index in [0.29, 0.717) is 0 Å². The molecule has 1 N–H and O–H groups in total. The molecule has 0 unspecified atom stereocenters. The fraction of sp³-hybridized carbons (Fsp3) is 0.692. The van der Waals surface area contributed by atoms with Crippen molar-refractivity contribution in [2.75, 3.05) is 13.1 Å². The monoisotopic (exact) mass is 280 g/mol. The highest BCUT2D eigenvalue weighted by Gasteiger charge is 2.22. The van der Waals surface area contributed by atoms with Gasteiger partial charge in [-0.25, -0.2) is 9.48 Å². The molecule has 7 nitrogen and oxygen atoms in total. The summed E-state index contributed by atoms with van der Waals surface area (Å²) in [7, 11) is 0. The molecule has 0 radical (unpaired) electrons. The first-order valence-corrected chi connectivity index (χ1v) is 7.01. The molecule has 2 rings (SSSR count). The Labute approximate surface area is 117 Å². The van der Waals surface area contributed by atoms with E-state index >= 15 is 0 Å². The number of carbonyl (C=O) groups excluding carboxylic acids is 1. The van der Waals surface area contributed by atoms with Gasteiger partial charge in [0.25, 0.3) is 0 Å². The van der Waals surface area contributed by atoms with Crippen molar-refractivity contribution in [1.29, 1.82) is 0 Å². The quantitative estimate of drug-likeness (QED) is 0.869. The van der Waals surface area contributed by atoms with Crippen molar-refractivity contribution in [3.8, 4) is 0 Å². The van der Waals surface area contributed by atoms with Crippen LogP contribution in [0.4, 0.5) is 0 Å². The fourth-order valence-corrected chi connectivity index (χ4v) is 2.59. The molecule has 1 aliphatic rings. The Morgan fingerprint density at radius 3 is 2.65 bits per heavy atom. The molecule has 0 aliphatic carbocycles. The molecule has 110 valence electrons. The van der Waals surface area contributed by atoms with E-state index in [1.54, 1.807) is 0 Å². The molecule has 1 aromatic rings. The van der Waals surface area contributed by atoms with Crippen molar-refractivity contribution in [3.05, 3.63) is 11.9 Å². The topological polar surface area (TPSA) is 88.3 Å². The van der Waals surface area contributed by atoms with Crippen LogP contribution in [0.5, 0.6) is 0 Å². The van der Waals surface area contributed by atoms with Gasteiger partial charge in [-0.3, -0.25) is 4.79 Å². The molecule has 1 aliphatic heterocycles. The minimum Gasteiger partial charge on any atom is -0.476 e. The zero-order valence-electron chi connectivity index (χ0n) is 11.7. The molecule has 20 heavy (non-hydrogen) atoms. The van der Waals surface area contributed by atoms with Crippen LogP contribution in [-0.2, 0) is 11.3 Å². The lowest BCUT2D eigenvalue weighted by molar-refractivity contribution is -0.133. The lowest BCUT2D eigenvalue weighted by Crippen LogP contribution is -2.40. The second-order valence-corrected chi connectivity index (χ2v) is 5.22. The van der Waals surface area contributed by atoms with E-state index < -0.39 is 5.97 Å². The normalized spacial score (nSPS) is 16.4. The lowest BCUT2D eigenvalue weighted by atomic mass is 9.92. The highest BCUT2D eigenvalue weighted by Crippen LogP contribution is 2.21. The van der Waals surface area contributed by atoms with E-state index in [9.17, 15) is 9.59 Å². The molecular formula is C13H20N4O3. The SMILES string of the molecule is CCCC1CCN(C(=O)Cn2cc(C(=O)O)nn2)CC1. The van der Waals surface area contributed by atoms with Crippen molar-refractivity contribution >= 4 is 11.9 Å². The van der Waals surface area contributed by atoms with E-state index in [1.807, 2.05) is 4.90 Å². The van der Waals surface area contributed by atoms with E-state index in [2.05, 4.69) is 17.2 Å². The molecule has 0 bridgehead atoms. The van der Waals surface area contributed by atoms with Gasteiger partial charge in [-0.2, -0.15) is 0 Å². The number of amides is 1. The van der Waals surface area contributed by atoms with Crippen LogP contribution in [0.15, 0.2) is 6.20 Å². The van der Waals surface area contributed by atoms with Crippen LogP contribution in [0.25, 0.3) is 0 Å². The second-order valence-electron chi connectivity index (χ2n) is 5.22. The predicted octanol–water partition coefficient (Wildman–Crippen LogP) is 1.01. The third-order valence-electron chi connectivity index (χ3n) is 3.72. The summed E-state index contributed by atoms with van der Waals surface area (Å²) in [6.07, 6.45) is 5.81. The minimum absolute atomic E-state index is 0.0261. The maximum Gasteiger partial charge on any atom is 0.358 e. The summed E-state index contributed by atoms with van der Waals surface area (Å²) in [6, 6.07) is 0. The number of likely N-dealkylation sites (tertiary alicyclic amines) is 1. The van der Waals surface area contributed by atoms with Crippen LogP contribution in [0.1, 0.15) is 43.1 Å². The maximum absolute atomic E-state index is 12.1. The van der Waals surface area contributed by atoms with E-state index in [0.717, 1.165) is 31.8 Å². The summed E-state index contributed by atoms with van der Waals surface area (Å²) in [4.78, 5) is 24.6. The number of nitrogens with zero attached hydrogens (tertiary/aromatic N) is 4. The Kier molecular flexibility index (Phi) is 4.70. The van der Waals surface area contributed by atoms with Gasteiger partial charge < -0.3 is 10.0 Å². The van der Waals surface area contributed by atoms with Gasteiger partial charge in [-0.05, 0) is 18.8 Å². The third kappa shape index (κ3) is 3.55. The summed E-state index contributed by atoms with van der Waals surface area (Å²) in [5.41, 5.74) is -0.139. The number of carboxylic acid groups (broad SMARTS) is 1. The molecule has 0 aromatic carbocycles. The molecule has 0 spiro atoms. The number of hydrogen-bond acceptors (Lipinski definition) is 4. The smallest absolute Gasteiger partial charge is 0.358 e. The Hall–Kier alpha value is -1.92. The van der Waals surface area contributed by atoms with Gasteiger partial charge in [-0.1, -0.05) is 25.0 Å². The van der Waals surface area contributed by atoms with Crippen molar-refractivity contribution in [2.45, 2.75) is 39.2 Å². The minimum atomic E-state index is -1.14. The number of carbonyl (C=O) groups is 2. The van der Waals surface area contributed by atoms with Gasteiger partial charge in [0, 0.05) is 13.1 Å². The highest BCUT2D eigenvalue weighted by atomic mass is 16.4. The second kappa shape index (κ2) is 6.49. The zero-order valence-corrected chi connectivity index (χ0v) is 11.7. The molecule has 7 heteroatoms. The molecule has 0 saturated carbocycles. The summed E-state index contributed by atoms with van der Waals surface area (Å²) in [5.74, 6) is -0.431. The summed E-state index contributed by atoms with van der Waals surface area (Å²) in [6.45, 7) is 3.80. The zero-order chi connectivity index (χ0) is 14.5. The average molecular weight is 280 g/mol. The van der Waals surface area contributed by atoms with Crippen LogP contribution >= 0.6 is 0 Å². The molecule has 1 aromatic heterocycles. The molecule has 0 atom stereocenters. The van der Waals surface area contributed by atoms with Crippen molar-refractivity contribution in [1.82, 2.24) is 19.9 Å². The Morgan fingerprint density at radius 2 is 2.10 bits per heavy atom. The van der Waals surface area contributed by atoms with Gasteiger partial charge in [0.2, 0.25) is 5.91 Å². The van der Waals surface area contributed by atoms with Crippen LogP contribution in [0.3, 0.4) is 0 Å². The Morgan fingerprint density at radius 1 is 1.40 bits per heavy atom. The summed E-state index contributed by atoms with van der Waals surface area (Å²) in [5, 5.41) is 15.9. The number of hydrogen-bond donors (Lipinski definition) is 1. The van der Waals surface area contributed by atoms with E-state index in [-0.39, 0.29) is 18.1 Å². The molecule has 1 saturated heterocycles. The van der Waals surface area contributed by atoms with Crippen LogP contribution in [0, 0.1) is 5.92 Å². The van der Waals surface area contributed by atoms with E-state index in [1.165, 1.54) is 23.7 Å². The molecule has 1 amide bonds. The van der Waals surface area contributed by atoms with Crippen molar-refractivity contribution in [3.63, 3.8) is 0 Å². The lowest BCUT2D eigenvalue weighted by Gasteiger charge is -2.31. The molecule has 1 fully saturated rings. The predicted molar refractivity (Wildman–Crippen MR) is 71.2 cm³/mol. The van der Waals surface area contributed by atoms with Gasteiger partial charge in [0.05, 0.1) is 6.20 Å². The highest BCUT2D eigenvalue weighted by molar-refractivity contribution is 5.84. The number of rotatable bonds is 5. The molecule has 2 heterocycles. The average Bonchev–Trinajstić information content (AvgIpc) is 2.88. The number of piperidine rings is 1. The van der Waals surface area contributed by atoms with Gasteiger partial charge in [-0.15, -0.1) is 5.10 Å². The first-order chi connectivity index (χ1) is 9.60. The first-order valence-electron chi connectivity index (χ1n) is 7.01. The fourth-order valence-electron chi connectivity index (χ4n) is 2.59. The number of aromatic nitrogens is 3. The standard InChI is InChI=1S/C13H20N4O3/c1-2-3-10-4-6-16(7-5-10)12(18)9-17-8-11(13(19)20)14-15-17/h8,10H,2-7,9H2,1H3,(H,19,20). The van der Waals surface area contributed by atoms with Crippen molar-refractivity contribution < 1.29 is 14.7 Å². The largest absolute Gasteiger partial charge is 0.476 e. The van der Waals surface area contributed by atoms with Crippen LogP contribution in [0.2, 0.25) is 0 Å². The number of carboxylic acids is 1.